The van der Waals surface area contributed by atoms with Gasteiger partial charge < -0.3 is 4.74 Å². The summed E-state index contributed by atoms with van der Waals surface area (Å²) in [6.07, 6.45) is 1.43. The van der Waals surface area contributed by atoms with E-state index in [0.717, 1.165) is 11.1 Å². The average molecular weight is 164 g/mol. The normalized spacial score (nSPS) is 10.5. The predicted molar refractivity (Wildman–Crippen MR) is 43.0 cm³/mol. The molecule has 0 radical (unpaired) electrons. The molecule has 5 heteroatoms. The number of hydrogen-bond donors (Lipinski definition) is 1. The van der Waals surface area contributed by atoms with E-state index in [9.17, 15) is 0 Å². The summed E-state index contributed by atoms with van der Waals surface area (Å²) in [5.41, 5.74) is 1.56. The highest BCUT2D eigenvalue weighted by Crippen LogP contribution is 2.21. The van der Waals surface area contributed by atoms with Gasteiger partial charge in [0.1, 0.15) is 11.7 Å². The number of aromatic nitrogens is 4. The molecular weight excluding hydrogens is 156 g/mol. The molecule has 2 aromatic heterocycles. The second-order valence-corrected chi connectivity index (χ2v) is 2.43. The van der Waals surface area contributed by atoms with Crippen LogP contribution in [-0.2, 0) is 0 Å². The Kier molecular flexibility index (Phi) is 1.43. The van der Waals surface area contributed by atoms with Gasteiger partial charge in [0, 0.05) is 5.69 Å². The van der Waals surface area contributed by atoms with Gasteiger partial charge in [-0.3, -0.25) is 5.10 Å². The number of aromatic amines is 1. The molecule has 0 aliphatic heterocycles. The summed E-state index contributed by atoms with van der Waals surface area (Å²) in [5, 5.41) is 7.64. The summed E-state index contributed by atoms with van der Waals surface area (Å²) in [6, 6.07) is 0. The molecular formula is C7H8N4O. The lowest BCUT2D eigenvalue weighted by molar-refractivity contribution is 0.402. The van der Waals surface area contributed by atoms with Gasteiger partial charge in [-0.15, -0.1) is 0 Å². The highest BCUT2D eigenvalue weighted by Gasteiger charge is 2.08. The number of methoxy groups -OCH3 is 1. The van der Waals surface area contributed by atoms with Gasteiger partial charge in [-0.05, 0) is 6.92 Å². The summed E-state index contributed by atoms with van der Waals surface area (Å²) in [5.74, 6) is 0.561. The van der Waals surface area contributed by atoms with Crippen LogP contribution in [0.25, 0.3) is 11.0 Å². The Bertz CT molecular complexity index is 409. The molecule has 0 aliphatic rings. The number of hydrogen-bond acceptors (Lipinski definition) is 4. The van der Waals surface area contributed by atoms with Crippen molar-refractivity contribution in [1.29, 1.82) is 0 Å². The Morgan fingerprint density at radius 2 is 2.25 bits per heavy atom. The van der Waals surface area contributed by atoms with Gasteiger partial charge in [-0.25, -0.2) is 9.97 Å². The predicted octanol–water partition coefficient (Wildman–Crippen LogP) is 0.670. The zero-order chi connectivity index (χ0) is 8.55. The molecule has 1 N–H and O–H groups in total. The number of nitrogens with one attached hydrogen (secondary N) is 1. The maximum Gasteiger partial charge on any atom is 0.227 e. The van der Waals surface area contributed by atoms with Crippen molar-refractivity contribution in [2.24, 2.45) is 0 Å². The summed E-state index contributed by atoms with van der Waals surface area (Å²) < 4.78 is 5.06. The van der Waals surface area contributed by atoms with Crippen LogP contribution >= 0.6 is 0 Å². The molecule has 0 saturated heterocycles. The number of nitrogens with zero attached hydrogens (tertiary/aromatic N) is 3. The third-order valence-corrected chi connectivity index (χ3v) is 1.69. The van der Waals surface area contributed by atoms with E-state index in [-0.39, 0.29) is 0 Å². The summed E-state index contributed by atoms with van der Waals surface area (Å²) in [7, 11) is 1.58. The average Bonchev–Trinajstić information content (AvgIpc) is 2.48. The van der Waals surface area contributed by atoms with E-state index in [2.05, 4.69) is 20.2 Å². The third-order valence-electron chi connectivity index (χ3n) is 1.69. The van der Waals surface area contributed by atoms with Crippen molar-refractivity contribution in [3.05, 3.63) is 12.0 Å². The largest absolute Gasteiger partial charge is 0.480 e. The molecule has 0 bridgehead atoms. The first-order chi connectivity index (χ1) is 5.83. The molecule has 5 nitrogen and oxygen atoms in total. The zero-order valence-corrected chi connectivity index (χ0v) is 6.83. The fourth-order valence-electron chi connectivity index (χ4n) is 1.12. The lowest BCUT2D eigenvalue weighted by atomic mass is 10.3. The van der Waals surface area contributed by atoms with Crippen LogP contribution in [0.15, 0.2) is 6.33 Å². The van der Waals surface area contributed by atoms with Crippen molar-refractivity contribution in [2.75, 3.05) is 7.11 Å². The molecule has 62 valence electrons. The van der Waals surface area contributed by atoms with E-state index in [1.54, 1.807) is 7.11 Å². The molecule has 2 heterocycles. The van der Waals surface area contributed by atoms with Crippen molar-refractivity contribution < 1.29 is 4.74 Å². The van der Waals surface area contributed by atoms with E-state index in [1.165, 1.54) is 6.33 Å². The molecule has 0 aromatic carbocycles. The molecule has 0 atom stereocenters. The number of rotatable bonds is 1. The molecule has 2 rings (SSSR count). The van der Waals surface area contributed by atoms with Crippen LogP contribution in [0.2, 0.25) is 0 Å². The first-order valence-corrected chi connectivity index (χ1v) is 3.52. The van der Waals surface area contributed by atoms with Crippen molar-refractivity contribution in [1.82, 2.24) is 20.2 Å². The fraction of sp³-hybridized carbons (Fsp3) is 0.286. The minimum atomic E-state index is 0.561. The van der Waals surface area contributed by atoms with Gasteiger partial charge >= 0.3 is 0 Å². The quantitative estimate of drug-likeness (QED) is 0.672. The Balaban J connectivity index is 2.84. The van der Waals surface area contributed by atoms with Gasteiger partial charge in [-0.1, -0.05) is 0 Å². The van der Waals surface area contributed by atoms with Gasteiger partial charge in [0.2, 0.25) is 5.88 Å². The number of aryl methyl sites for hydroxylation is 1. The van der Waals surface area contributed by atoms with Crippen LogP contribution in [0.3, 0.4) is 0 Å². The maximum atomic E-state index is 5.06. The van der Waals surface area contributed by atoms with Crippen LogP contribution in [0.1, 0.15) is 5.69 Å². The van der Waals surface area contributed by atoms with Crippen molar-refractivity contribution >= 4 is 11.0 Å². The molecule has 0 amide bonds. The summed E-state index contributed by atoms with van der Waals surface area (Å²) in [6.45, 7) is 1.90. The number of fused-ring (bicyclic) bond motifs is 1. The Labute approximate surface area is 68.8 Å². The first-order valence-electron chi connectivity index (χ1n) is 3.52. The van der Waals surface area contributed by atoms with Gasteiger partial charge in [0.15, 0.2) is 5.65 Å². The zero-order valence-electron chi connectivity index (χ0n) is 6.83. The molecule has 0 spiro atoms. The maximum absolute atomic E-state index is 5.06. The molecule has 0 unspecified atom stereocenters. The molecule has 0 aliphatic carbocycles. The monoisotopic (exact) mass is 164 g/mol. The summed E-state index contributed by atoms with van der Waals surface area (Å²) >= 11 is 0. The highest BCUT2D eigenvalue weighted by atomic mass is 16.5. The summed E-state index contributed by atoms with van der Waals surface area (Å²) in [4.78, 5) is 7.94. The molecule has 12 heavy (non-hydrogen) atoms. The third kappa shape index (κ3) is 0.827. The second kappa shape index (κ2) is 2.44. The van der Waals surface area contributed by atoms with Crippen LogP contribution in [-0.4, -0.2) is 27.3 Å². The van der Waals surface area contributed by atoms with Crippen molar-refractivity contribution in [2.45, 2.75) is 6.92 Å². The van der Waals surface area contributed by atoms with E-state index < -0.39 is 0 Å². The van der Waals surface area contributed by atoms with Crippen LogP contribution in [0.5, 0.6) is 5.88 Å². The molecule has 2 aromatic rings. The minimum Gasteiger partial charge on any atom is -0.480 e. The van der Waals surface area contributed by atoms with E-state index in [4.69, 9.17) is 4.74 Å². The van der Waals surface area contributed by atoms with E-state index in [1.807, 2.05) is 6.92 Å². The minimum absolute atomic E-state index is 0.561. The number of ether oxygens (including phenoxy) is 1. The number of H-pyrrole nitrogens is 1. The fourth-order valence-corrected chi connectivity index (χ4v) is 1.12. The SMILES string of the molecule is COc1ncnc2n[nH]c(C)c12. The Morgan fingerprint density at radius 1 is 1.42 bits per heavy atom. The standard InChI is InChI=1S/C7H8N4O/c1-4-5-6(11-10-4)8-3-9-7(5)12-2/h3H,1-2H3,(H,8,9,10,11). The van der Waals surface area contributed by atoms with Crippen molar-refractivity contribution in [3.8, 4) is 5.88 Å². The van der Waals surface area contributed by atoms with E-state index >= 15 is 0 Å². The first kappa shape index (κ1) is 7.02. The van der Waals surface area contributed by atoms with E-state index in [0.29, 0.717) is 11.5 Å². The smallest absolute Gasteiger partial charge is 0.227 e. The Hall–Kier alpha value is -1.65. The van der Waals surface area contributed by atoms with Gasteiger partial charge in [-0.2, -0.15) is 5.10 Å². The molecule has 0 fully saturated rings. The Morgan fingerprint density at radius 3 is 3.00 bits per heavy atom. The van der Waals surface area contributed by atoms with Gasteiger partial charge in [0.25, 0.3) is 0 Å². The lowest BCUT2D eigenvalue weighted by Gasteiger charge is -1.97. The topological polar surface area (TPSA) is 63.7 Å². The lowest BCUT2D eigenvalue weighted by Crippen LogP contribution is -1.89. The molecule has 0 saturated carbocycles. The van der Waals surface area contributed by atoms with Crippen molar-refractivity contribution in [3.63, 3.8) is 0 Å². The highest BCUT2D eigenvalue weighted by molar-refractivity contribution is 5.82. The van der Waals surface area contributed by atoms with Gasteiger partial charge in [0.05, 0.1) is 7.11 Å². The van der Waals surface area contributed by atoms with Crippen LogP contribution in [0.4, 0.5) is 0 Å². The van der Waals surface area contributed by atoms with Crippen LogP contribution < -0.4 is 4.74 Å². The second-order valence-electron chi connectivity index (χ2n) is 2.43. The van der Waals surface area contributed by atoms with Crippen LogP contribution in [0, 0.1) is 6.92 Å².